The molecule has 2 unspecified atom stereocenters. The molecule has 2 atom stereocenters. The van der Waals surface area contributed by atoms with Gasteiger partial charge in [0.1, 0.15) is 0 Å². The number of benzene rings is 1. The monoisotopic (exact) mass is 282 g/mol. The minimum absolute atomic E-state index is 0.0974. The van der Waals surface area contributed by atoms with Gasteiger partial charge in [-0.25, -0.2) is 0 Å². The number of carbonyl (C=O) groups excluding carboxylic acids is 1. The number of carbonyl (C=O) groups is 1. The number of aliphatic hydroxyl groups excluding tert-OH is 1. The van der Waals surface area contributed by atoms with Gasteiger partial charge in [-0.1, -0.05) is 6.07 Å². The number of aliphatic hydroxyl groups is 1. The van der Waals surface area contributed by atoms with E-state index in [4.69, 9.17) is 0 Å². The van der Waals surface area contributed by atoms with Crippen molar-refractivity contribution in [2.75, 3.05) is 0 Å². The second kappa shape index (κ2) is 4.81. The smallest absolute Gasteiger partial charge is 0.254 e. The van der Waals surface area contributed by atoms with Crippen LogP contribution in [0.3, 0.4) is 0 Å². The summed E-state index contributed by atoms with van der Waals surface area (Å²) in [5.41, 5.74) is 1.63. The Hall–Kier alpha value is -1.94. The zero-order valence-corrected chi connectivity index (χ0v) is 11.8. The van der Waals surface area contributed by atoms with Gasteiger partial charge >= 0.3 is 0 Å². The third-order valence-electron chi connectivity index (χ3n) is 4.79. The number of pyridine rings is 1. The molecule has 2 aromatic rings. The summed E-state index contributed by atoms with van der Waals surface area (Å²) < 4.78 is 0. The van der Waals surface area contributed by atoms with Gasteiger partial charge in [0.2, 0.25) is 0 Å². The molecule has 0 saturated carbocycles. The van der Waals surface area contributed by atoms with Crippen molar-refractivity contribution in [1.29, 1.82) is 0 Å². The van der Waals surface area contributed by atoms with Gasteiger partial charge in [-0.15, -0.1) is 0 Å². The van der Waals surface area contributed by atoms with Gasteiger partial charge in [0.15, 0.2) is 0 Å². The first kappa shape index (κ1) is 12.8. The van der Waals surface area contributed by atoms with Gasteiger partial charge < -0.3 is 10.0 Å². The number of fused-ring (bicyclic) bond motifs is 3. The third kappa shape index (κ3) is 2.10. The van der Waals surface area contributed by atoms with Crippen LogP contribution in [0.5, 0.6) is 0 Å². The van der Waals surface area contributed by atoms with E-state index in [0.717, 1.165) is 42.1 Å². The van der Waals surface area contributed by atoms with Crippen LogP contribution in [0, 0.1) is 0 Å². The van der Waals surface area contributed by atoms with Gasteiger partial charge in [-0.2, -0.15) is 0 Å². The van der Waals surface area contributed by atoms with Crippen LogP contribution in [0.2, 0.25) is 0 Å². The molecular weight excluding hydrogens is 264 g/mol. The van der Waals surface area contributed by atoms with Crippen LogP contribution in [0.25, 0.3) is 10.9 Å². The Bertz CT molecular complexity index is 686. The molecule has 0 radical (unpaired) electrons. The number of aromatic nitrogens is 1. The maximum Gasteiger partial charge on any atom is 0.254 e. The molecule has 1 aromatic carbocycles. The lowest BCUT2D eigenvalue weighted by atomic mass is 9.98. The van der Waals surface area contributed by atoms with Crippen LogP contribution in [0.15, 0.2) is 36.5 Å². The molecule has 21 heavy (non-hydrogen) atoms. The van der Waals surface area contributed by atoms with E-state index in [1.807, 2.05) is 35.2 Å². The van der Waals surface area contributed by atoms with E-state index in [1.54, 1.807) is 6.20 Å². The van der Waals surface area contributed by atoms with Crippen LogP contribution in [-0.4, -0.2) is 39.1 Å². The first-order valence-electron chi connectivity index (χ1n) is 7.58. The fourth-order valence-electron chi connectivity index (χ4n) is 3.84. The quantitative estimate of drug-likeness (QED) is 0.873. The molecule has 1 N–H and O–H groups in total. The van der Waals surface area contributed by atoms with E-state index in [2.05, 4.69) is 4.98 Å². The molecule has 2 fully saturated rings. The summed E-state index contributed by atoms with van der Waals surface area (Å²) in [7, 11) is 0. The first-order valence-corrected chi connectivity index (χ1v) is 7.58. The summed E-state index contributed by atoms with van der Waals surface area (Å²) in [5, 5.41) is 10.8. The zero-order chi connectivity index (χ0) is 14.4. The number of piperidine rings is 1. The Morgan fingerprint density at radius 3 is 2.71 bits per heavy atom. The van der Waals surface area contributed by atoms with Crippen molar-refractivity contribution in [2.45, 2.75) is 43.9 Å². The number of rotatable bonds is 1. The summed E-state index contributed by atoms with van der Waals surface area (Å²) >= 11 is 0. The van der Waals surface area contributed by atoms with Gasteiger partial charge in [0.05, 0.1) is 11.6 Å². The Balaban J connectivity index is 1.67. The summed E-state index contributed by atoms with van der Waals surface area (Å²) in [6, 6.07) is 9.97. The number of hydrogen-bond donors (Lipinski definition) is 1. The zero-order valence-electron chi connectivity index (χ0n) is 11.8. The summed E-state index contributed by atoms with van der Waals surface area (Å²) in [4.78, 5) is 19.1. The highest BCUT2D eigenvalue weighted by molar-refractivity contribution is 5.98. The highest BCUT2D eigenvalue weighted by atomic mass is 16.3. The van der Waals surface area contributed by atoms with Crippen molar-refractivity contribution >= 4 is 16.8 Å². The van der Waals surface area contributed by atoms with Crippen LogP contribution in [-0.2, 0) is 0 Å². The predicted molar refractivity (Wildman–Crippen MR) is 80.0 cm³/mol. The van der Waals surface area contributed by atoms with Gasteiger partial charge in [-0.3, -0.25) is 9.78 Å². The van der Waals surface area contributed by atoms with Crippen LogP contribution in [0.4, 0.5) is 0 Å². The lowest BCUT2D eigenvalue weighted by Crippen LogP contribution is -2.48. The van der Waals surface area contributed by atoms with Crippen LogP contribution in [0.1, 0.15) is 36.0 Å². The number of amides is 1. The molecule has 108 valence electrons. The second-order valence-corrected chi connectivity index (χ2v) is 6.13. The normalized spacial score (nSPS) is 28.0. The lowest BCUT2D eigenvalue weighted by Gasteiger charge is -2.37. The van der Waals surface area contributed by atoms with E-state index in [-0.39, 0.29) is 24.1 Å². The molecule has 1 aromatic heterocycles. The average Bonchev–Trinajstić information content (AvgIpc) is 2.78. The fourth-order valence-corrected chi connectivity index (χ4v) is 3.84. The number of hydrogen-bond acceptors (Lipinski definition) is 3. The molecule has 0 spiro atoms. The molecule has 0 aliphatic carbocycles. The van der Waals surface area contributed by atoms with E-state index in [1.165, 1.54) is 0 Å². The lowest BCUT2D eigenvalue weighted by molar-refractivity contribution is 0.0287. The molecule has 2 bridgehead atoms. The highest BCUT2D eigenvalue weighted by Gasteiger charge is 2.42. The summed E-state index contributed by atoms with van der Waals surface area (Å²) in [6.07, 6.45) is 4.99. The van der Waals surface area contributed by atoms with Crippen molar-refractivity contribution in [3.8, 4) is 0 Å². The van der Waals surface area contributed by atoms with Crippen molar-refractivity contribution in [3.05, 3.63) is 42.1 Å². The molecule has 2 saturated heterocycles. The summed E-state index contributed by atoms with van der Waals surface area (Å²) in [6.45, 7) is 0. The minimum Gasteiger partial charge on any atom is -0.393 e. The van der Waals surface area contributed by atoms with E-state index in [9.17, 15) is 9.90 Å². The predicted octanol–water partition coefficient (Wildman–Crippen LogP) is 2.36. The molecule has 2 aliphatic rings. The maximum atomic E-state index is 12.8. The fraction of sp³-hybridized carbons (Fsp3) is 0.412. The van der Waals surface area contributed by atoms with Gasteiger partial charge in [-0.05, 0) is 49.9 Å². The Morgan fingerprint density at radius 1 is 1.19 bits per heavy atom. The van der Waals surface area contributed by atoms with Crippen LogP contribution < -0.4 is 0 Å². The average molecular weight is 282 g/mol. The SMILES string of the molecule is O=C(c1ccc2ncccc2c1)N1C2CCC1CC(O)C2. The third-order valence-corrected chi connectivity index (χ3v) is 4.79. The highest BCUT2D eigenvalue weighted by Crippen LogP contribution is 2.36. The van der Waals surface area contributed by atoms with Crippen molar-refractivity contribution < 1.29 is 9.90 Å². The van der Waals surface area contributed by atoms with Crippen molar-refractivity contribution in [3.63, 3.8) is 0 Å². The maximum absolute atomic E-state index is 12.8. The van der Waals surface area contributed by atoms with Crippen molar-refractivity contribution in [1.82, 2.24) is 9.88 Å². The molecule has 3 heterocycles. The Morgan fingerprint density at radius 2 is 1.95 bits per heavy atom. The molecule has 2 aliphatic heterocycles. The topological polar surface area (TPSA) is 53.4 Å². The van der Waals surface area contributed by atoms with Crippen molar-refractivity contribution in [2.24, 2.45) is 0 Å². The van der Waals surface area contributed by atoms with E-state index < -0.39 is 0 Å². The first-order chi connectivity index (χ1) is 10.2. The largest absolute Gasteiger partial charge is 0.393 e. The standard InChI is InChI=1S/C17H18N2O2/c20-15-9-13-4-5-14(10-15)19(13)17(21)12-3-6-16-11(8-12)2-1-7-18-16/h1-3,6-8,13-15,20H,4-5,9-10H2. The molecular formula is C17H18N2O2. The second-order valence-electron chi connectivity index (χ2n) is 6.13. The van der Waals surface area contributed by atoms with Crippen LogP contribution >= 0.6 is 0 Å². The Labute approximate surface area is 123 Å². The Kier molecular flexibility index (Phi) is 2.93. The minimum atomic E-state index is -0.243. The van der Waals surface area contributed by atoms with E-state index >= 15 is 0 Å². The van der Waals surface area contributed by atoms with Gasteiger partial charge in [0, 0.05) is 29.2 Å². The molecule has 4 heteroatoms. The van der Waals surface area contributed by atoms with E-state index in [0.29, 0.717) is 0 Å². The van der Waals surface area contributed by atoms with Gasteiger partial charge in [0.25, 0.3) is 5.91 Å². The molecule has 4 rings (SSSR count). The molecule has 1 amide bonds. The number of nitrogens with zero attached hydrogens (tertiary/aromatic N) is 2. The molecule has 4 nitrogen and oxygen atoms in total. The summed E-state index contributed by atoms with van der Waals surface area (Å²) in [5.74, 6) is 0.0974.